The van der Waals surface area contributed by atoms with E-state index in [1.807, 2.05) is 52.1 Å². The molecular formula is C26H25N3O4S. The second-order valence-electron chi connectivity index (χ2n) is 8.07. The zero-order valence-electron chi connectivity index (χ0n) is 19.1. The molecule has 174 valence electrons. The maximum atomic E-state index is 13.5. The van der Waals surface area contributed by atoms with Crippen LogP contribution in [0.3, 0.4) is 0 Å². The van der Waals surface area contributed by atoms with Crippen molar-refractivity contribution in [2.45, 2.75) is 25.3 Å². The zero-order valence-corrected chi connectivity index (χ0v) is 19.9. The van der Waals surface area contributed by atoms with Crippen molar-refractivity contribution in [2.24, 2.45) is 0 Å². The summed E-state index contributed by atoms with van der Waals surface area (Å²) < 4.78 is 16.8. The highest BCUT2D eigenvalue weighted by molar-refractivity contribution is 7.08. The van der Waals surface area contributed by atoms with Crippen LogP contribution in [-0.4, -0.2) is 41.8 Å². The third kappa shape index (κ3) is 4.28. The first-order valence-electron chi connectivity index (χ1n) is 11.1. The van der Waals surface area contributed by atoms with E-state index in [1.54, 1.807) is 25.6 Å². The van der Waals surface area contributed by atoms with E-state index in [-0.39, 0.29) is 18.4 Å². The predicted molar refractivity (Wildman–Crippen MR) is 129 cm³/mol. The largest absolute Gasteiger partial charge is 0.493 e. The van der Waals surface area contributed by atoms with Crippen molar-refractivity contribution in [3.05, 3.63) is 81.9 Å². The third-order valence-corrected chi connectivity index (χ3v) is 6.78. The number of methoxy groups -OCH3 is 2. The van der Waals surface area contributed by atoms with Crippen LogP contribution in [0.15, 0.2) is 63.7 Å². The van der Waals surface area contributed by atoms with E-state index in [9.17, 15) is 4.79 Å². The Morgan fingerprint density at radius 3 is 2.65 bits per heavy atom. The fourth-order valence-corrected chi connectivity index (χ4v) is 5.05. The molecule has 1 aliphatic rings. The number of amides is 1. The van der Waals surface area contributed by atoms with Gasteiger partial charge in [-0.1, -0.05) is 30.3 Å². The number of nitrogens with zero attached hydrogens (tertiary/aromatic N) is 3. The number of ether oxygens (including phenoxy) is 2. The molecule has 34 heavy (non-hydrogen) atoms. The molecule has 7 nitrogen and oxygen atoms in total. The summed E-state index contributed by atoms with van der Waals surface area (Å²) in [6.07, 6.45) is 1.43. The molecule has 1 atom stereocenters. The maximum absolute atomic E-state index is 13.5. The monoisotopic (exact) mass is 475 g/mol. The molecule has 0 spiro atoms. The van der Waals surface area contributed by atoms with Crippen molar-refractivity contribution in [1.82, 2.24) is 15.1 Å². The average molecular weight is 476 g/mol. The number of fused-ring (bicyclic) bond motifs is 1. The molecule has 0 radical (unpaired) electrons. The molecule has 0 aliphatic carbocycles. The van der Waals surface area contributed by atoms with Crippen LogP contribution in [0.25, 0.3) is 11.5 Å². The van der Waals surface area contributed by atoms with Gasteiger partial charge in [-0.05, 0) is 46.7 Å². The van der Waals surface area contributed by atoms with Crippen molar-refractivity contribution in [2.75, 3.05) is 20.8 Å². The van der Waals surface area contributed by atoms with Crippen molar-refractivity contribution in [1.29, 1.82) is 0 Å². The van der Waals surface area contributed by atoms with Crippen molar-refractivity contribution >= 4 is 17.2 Å². The minimum Gasteiger partial charge on any atom is -0.493 e. The van der Waals surface area contributed by atoms with Gasteiger partial charge >= 0.3 is 0 Å². The van der Waals surface area contributed by atoms with Crippen LogP contribution in [0.5, 0.6) is 11.5 Å². The molecular weight excluding hydrogens is 450 g/mol. The number of aryl methyl sites for hydroxylation is 1. The van der Waals surface area contributed by atoms with E-state index in [1.165, 1.54) is 0 Å². The van der Waals surface area contributed by atoms with Crippen LogP contribution in [0, 0.1) is 0 Å². The summed E-state index contributed by atoms with van der Waals surface area (Å²) in [6.45, 7) is 0.616. The summed E-state index contributed by atoms with van der Waals surface area (Å²) >= 11 is 1.57. The van der Waals surface area contributed by atoms with Gasteiger partial charge in [0.1, 0.15) is 0 Å². The van der Waals surface area contributed by atoms with Crippen LogP contribution in [0.2, 0.25) is 0 Å². The quantitative estimate of drug-likeness (QED) is 0.378. The van der Waals surface area contributed by atoms with E-state index in [0.29, 0.717) is 36.2 Å². The smallest absolute Gasteiger partial charge is 0.248 e. The average Bonchev–Trinajstić information content (AvgIpc) is 3.58. The molecule has 3 heterocycles. The second-order valence-corrected chi connectivity index (χ2v) is 8.85. The number of hydrogen-bond acceptors (Lipinski definition) is 7. The highest BCUT2D eigenvalue weighted by Gasteiger charge is 2.33. The van der Waals surface area contributed by atoms with E-state index < -0.39 is 0 Å². The Bertz CT molecular complexity index is 1270. The van der Waals surface area contributed by atoms with E-state index in [4.69, 9.17) is 13.9 Å². The van der Waals surface area contributed by atoms with Crippen molar-refractivity contribution in [3.8, 4) is 23.0 Å². The molecule has 0 bridgehead atoms. The summed E-state index contributed by atoms with van der Waals surface area (Å²) in [5.41, 5.74) is 4.17. The van der Waals surface area contributed by atoms with Gasteiger partial charge in [-0.25, -0.2) is 0 Å². The minimum absolute atomic E-state index is 0.0459. The Hall–Kier alpha value is -3.65. The molecule has 0 saturated heterocycles. The number of thiophene rings is 1. The molecule has 1 aliphatic heterocycles. The fourth-order valence-electron chi connectivity index (χ4n) is 4.42. The molecule has 1 amide bonds. The van der Waals surface area contributed by atoms with Gasteiger partial charge in [-0.2, -0.15) is 11.3 Å². The normalized spacial score (nSPS) is 15.1. The van der Waals surface area contributed by atoms with Crippen molar-refractivity contribution in [3.63, 3.8) is 0 Å². The number of carbonyl (C=O) groups is 1. The number of hydrogen-bond donors (Lipinski definition) is 0. The lowest BCUT2D eigenvalue weighted by atomic mass is 9.87. The van der Waals surface area contributed by atoms with Gasteiger partial charge in [0.2, 0.25) is 17.7 Å². The van der Waals surface area contributed by atoms with Crippen LogP contribution in [0.4, 0.5) is 0 Å². The van der Waals surface area contributed by atoms with Gasteiger partial charge in [0.05, 0.1) is 20.3 Å². The number of aromatic nitrogens is 2. The van der Waals surface area contributed by atoms with Crippen LogP contribution < -0.4 is 9.47 Å². The molecule has 0 fully saturated rings. The topological polar surface area (TPSA) is 77.7 Å². The lowest BCUT2D eigenvalue weighted by Gasteiger charge is -2.38. The minimum atomic E-state index is -0.207. The third-order valence-electron chi connectivity index (χ3n) is 6.10. The highest BCUT2D eigenvalue weighted by Crippen LogP contribution is 2.41. The van der Waals surface area contributed by atoms with Gasteiger partial charge in [-0.15, -0.1) is 10.2 Å². The van der Waals surface area contributed by atoms with E-state index >= 15 is 0 Å². The Labute approximate surface area is 202 Å². The summed E-state index contributed by atoms with van der Waals surface area (Å²) in [5, 5.41) is 12.2. The van der Waals surface area contributed by atoms with Crippen molar-refractivity contribution < 1.29 is 18.7 Å². The van der Waals surface area contributed by atoms with Crippen LogP contribution in [0.1, 0.15) is 35.0 Å². The van der Waals surface area contributed by atoms with Crippen LogP contribution >= 0.6 is 11.3 Å². The fraction of sp³-hybridized carbons (Fsp3) is 0.269. The lowest BCUT2D eigenvalue weighted by molar-refractivity contribution is -0.133. The summed E-state index contributed by atoms with van der Waals surface area (Å²) in [7, 11) is 3.27. The molecule has 2 aromatic heterocycles. The summed E-state index contributed by atoms with van der Waals surface area (Å²) in [5.74, 6) is 2.35. The molecule has 0 N–H and O–H groups in total. The second kappa shape index (κ2) is 9.69. The summed E-state index contributed by atoms with van der Waals surface area (Å²) in [4.78, 5) is 15.4. The Balaban J connectivity index is 1.41. The molecule has 4 aromatic rings. The molecule has 2 aromatic carbocycles. The standard InChI is InChI=1S/C26H25N3O4S/c1-31-21-14-18-10-12-29(25(17-6-4-3-5-7-17)20(18)15-22(21)32-2)24(30)9-8-23-27-28-26(33-23)19-11-13-34-16-19/h3-7,11,13-16,25H,8-10,12H2,1-2H3. The van der Waals surface area contributed by atoms with Gasteiger partial charge < -0.3 is 18.8 Å². The van der Waals surface area contributed by atoms with Gasteiger partial charge in [0.25, 0.3) is 0 Å². The van der Waals surface area contributed by atoms with Gasteiger partial charge in [0.15, 0.2) is 11.5 Å². The molecule has 5 rings (SSSR count). The first-order valence-corrected chi connectivity index (χ1v) is 12.1. The number of benzene rings is 2. The Morgan fingerprint density at radius 1 is 1.12 bits per heavy atom. The molecule has 0 saturated carbocycles. The first-order chi connectivity index (χ1) is 16.7. The summed E-state index contributed by atoms with van der Waals surface area (Å²) in [6, 6.07) is 15.8. The highest BCUT2D eigenvalue weighted by atomic mass is 32.1. The SMILES string of the molecule is COc1cc2c(cc1OC)C(c1ccccc1)N(C(=O)CCc1nnc(-c3ccsc3)o1)CC2. The van der Waals surface area contributed by atoms with Gasteiger partial charge in [0, 0.05) is 30.3 Å². The van der Waals surface area contributed by atoms with Gasteiger partial charge in [-0.3, -0.25) is 4.79 Å². The Morgan fingerprint density at radius 2 is 1.91 bits per heavy atom. The maximum Gasteiger partial charge on any atom is 0.248 e. The molecule has 8 heteroatoms. The van der Waals surface area contributed by atoms with Crippen LogP contribution in [-0.2, 0) is 17.6 Å². The lowest BCUT2D eigenvalue weighted by Crippen LogP contribution is -2.40. The van der Waals surface area contributed by atoms with E-state index in [0.717, 1.165) is 28.7 Å². The first kappa shape index (κ1) is 22.2. The number of rotatable bonds is 7. The Kier molecular flexibility index (Phi) is 6.31. The molecule has 1 unspecified atom stereocenters. The zero-order chi connectivity index (χ0) is 23.5. The number of carbonyl (C=O) groups excluding carboxylic acids is 1. The predicted octanol–water partition coefficient (Wildman–Crippen LogP) is 4.92. The van der Waals surface area contributed by atoms with E-state index in [2.05, 4.69) is 22.3 Å².